The van der Waals surface area contributed by atoms with Gasteiger partial charge >= 0.3 is 5.97 Å². The number of ether oxygens (including phenoxy) is 1. The summed E-state index contributed by atoms with van der Waals surface area (Å²) in [5.41, 5.74) is 0.530. The van der Waals surface area contributed by atoms with E-state index in [9.17, 15) is 18.0 Å². The van der Waals surface area contributed by atoms with E-state index in [-0.39, 0.29) is 33.1 Å². The fraction of sp³-hybridized carbons (Fsp3) is 0.364. The van der Waals surface area contributed by atoms with E-state index in [0.29, 0.717) is 18.7 Å². The second-order valence-corrected chi connectivity index (χ2v) is 10.2. The third kappa shape index (κ3) is 5.26. The Kier molecular flexibility index (Phi) is 7.03. The molecule has 0 radical (unpaired) electrons. The molecule has 9 heteroatoms. The van der Waals surface area contributed by atoms with Crippen LogP contribution in [0.5, 0.6) is 5.75 Å². The first-order chi connectivity index (χ1) is 14.6. The van der Waals surface area contributed by atoms with Crippen molar-refractivity contribution in [2.45, 2.75) is 24.7 Å². The zero-order chi connectivity index (χ0) is 22.8. The summed E-state index contributed by atoms with van der Waals surface area (Å²) in [6, 6.07) is 10.2. The molecule has 2 aromatic carbocycles. The quantitative estimate of drug-likeness (QED) is 0.497. The van der Waals surface area contributed by atoms with Crippen LogP contribution in [0.15, 0.2) is 47.4 Å². The van der Waals surface area contributed by atoms with Crippen molar-refractivity contribution in [3.8, 4) is 5.75 Å². The lowest BCUT2D eigenvalue weighted by molar-refractivity contribution is 0.0734. The zero-order valence-corrected chi connectivity index (χ0v) is 19.2. The standard InChI is InChI=1S/C22H25ClN2O5S/c1-15-5-4-12-25(14-15)31(28,29)20-13-17(8-11-19(20)23)22(27)30-18-9-6-16(7-10-18)21(26)24(2)3/h6-11,13,15H,4-5,12,14H2,1-3H3. The Morgan fingerprint density at radius 3 is 2.35 bits per heavy atom. The number of piperidine rings is 1. The van der Waals surface area contributed by atoms with Crippen molar-refractivity contribution >= 4 is 33.5 Å². The Morgan fingerprint density at radius 2 is 1.74 bits per heavy atom. The maximum absolute atomic E-state index is 13.1. The van der Waals surface area contributed by atoms with Crippen molar-refractivity contribution in [1.29, 1.82) is 0 Å². The summed E-state index contributed by atoms with van der Waals surface area (Å²) < 4.78 is 33.0. The summed E-state index contributed by atoms with van der Waals surface area (Å²) in [7, 11) is -0.535. The van der Waals surface area contributed by atoms with E-state index in [1.807, 2.05) is 6.92 Å². The van der Waals surface area contributed by atoms with Gasteiger partial charge in [0.25, 0.3) is 5.91 Å². The summed E-state index contributed by atoms with van der Waals surface area (Å²) >= 11 is 6.18. The minimum absolute atomic E-state index is 0.0568. The summed E-state index contributed by atoms with van der Waals surface area (Å²) in [5.74, 6) is -0.383. The lowest BCUT2D eigenvalue weighted by Gasteiger charge is -2.30. The number of halogens is 1. The van der Waals surface area contributed by atoms with E-state index in [0.717, 1.165) is 12.8 Å². The number of sulfonamides is 1. The molecule has 1 aliphatic heterocycles. The number of nitrogens with zero attached hydrogens (tertiary/aromatic N) is 2. The molecule has 3 rings (SSSR count). The minimum atomic E-state index is -3.83. The molecular weight excluding hydrogens is 440 g/mol. The minimum Gasteiger partial charge on any atom is -0.423 e. The Labute approximate surface area is 187 Å². The molecule has 0 N–H and O–H groups in total. The lowest BCUT2D eigenvalue weighted by atomic mass is 10.0. The number of esters is 1. The molecule has 1 fully saturated rings. The van der Waals surface area contributed by atoms with Gasteiger partial charge < -0.3 is 9.64 Å². The Hall–Kier alpha value is -2.42. The van der Waals surface area contributed by atoms with Crippen LogP contribution in [0.1, 0.15) is 40.5 Å². The first-order valence-corrected chi connectivity index (χ1v) is 11.7. The molecule has 0 aliphatic carbocycles. The van der Waals surface area contributed by atoms with E-state index in [2.05, 4.69) is 0 Å². The van der Waals surface area contributed by atoms with Crippen LogP contribution in [0.25, 0.3) is 0 Å². The SMILES string of the molecule is CC1CCCN(S(=O)(=O)c2cc(C(=O)Oc3ccc(C(=O)N(C)C)cc3)ccc2Cl)C1. The molecule has 1 heterocycles. The first-order valence-electron chi connectivity index (χ1n) is 9.93. The number of hydrogen-bond donors (Lipinski definition) is 0. The predicted octanol–water partition coefficient (Wildman–Crippen LogP) is 3.68. The molecule has 7 nitrogen and oxygen atoms in total. The third-order valence-corrected chi connectivity index (χ3v) is 7.47. The van der Waals surface area contributed by atoms with Crippen LogP contribution in [0, 0.1) is 5.92 Å². The largest absolute Gasteiger partial charge is 0.423 e. The second kappa shape index (κ2) is 9.38. The summed E-state index contributed by atoms with van der Waals surface area (Å²) in [6.07, 6.45) is 1.76. The van der Waals surface area contributed by atoms with Crippen molar-refractivity contribution in [2.24, 2.45) is 5.92 Å². The maximum Gasteiger partial charge on any atom is 0.343 e. The van der Waals surface area contributed by atoms with Crippen LogP contribution in [0.4, 0.5) is 0 Å². The third-order valence-electron chi connectivity index (χ3n) is 5.12. The summed E-state index contributed by atoms with van der Waals surface area (Å²) in [5, 5.41) is 0.0568. The van der Waals surface area contributed by atoms with Gasteiger partial charge in [0.2, 0.25) is 10.0 Å². The van der Waals surface area contributed by atoms with Crippen molar-refractivity contribution in [1.82, 2.24) is 9.21 Å². The van der Waals surface area contributed by atoms with Gasteiger partial charge in [0.15, 0.2) is 0 Å². The molecule has 1 atom stereocenters. The zero-order valence-electron chi connectivity index (χ0n) is 17.7. The van der Waals surface area contributed by atoms with Crippen LogP contribution in [-0.4, -0.2) is 56.7 Å². The second-order valence-electron chi connectivity index (χ2n) is 7.87. The normalized spacial score (nSPS) is 17.2. The number of carbonyl (C=O) groups excluding carboxylic acids is 2. The average molecular weight is 465 g/mol. The van der Waals surface area contributed by atoms with Crippen LogP contribution >= 0.6 is 11.6 Å². The van der Waals surface area contributed by atoms with Gasteiger partial charge in [-0.1, -0.05) is 18.5 Å². The molecule has 1 saturated heterocycles. The van der Waals surface area contributed by atoms with E-state index in [4.69, 9.17) is 16.3 Å². The van der Waals surface area contributed by atoms with E-state index in [1.54, 1.807) is 26.2 Å². The maximum atomic E-state index is 13.1. The molecule has 31 heavy (non-hydrogen) atoms. The summed E-state index contributed by atoms with van der Waals surface area (Å²) in [6.45, 7) is 2.86. The van der Waals surface area contributed by atoms with E-state index in [1.165, 1.54) is 39.5 Å². The highest BCUT2D eigenvalue weighted by Crippen LogP contribution is 2.29. The highest BCUT2D eigenvalue weighted by molar-refractivity contribution is 7.89. The van der Waals surface area contributed by atoms with Gasteiger partial charge in [0, 0.05) is 32.7 Å². The Balaban J connectivity index is 1.81. The molecule has 166 valence electrons. The molecule has 0 spiro atoms. The van der Waals surface area contributed by atoms with Gasteiger partial charge in [-0.25, -0.2) is 13.2 Å². The van der Waals surface area contributed by atoms with Gasteiger partial charge in [-0.15, -0.1) is 0 Å². The van der Waals surface area contributed by atoms with Crippen LogP contribution in [-0.2, 0) is 10.0 Å². The topological polar surface area (TPSA) is 84.0 Å². The Morgan fingerprint density at radius 1 is 1.10 bits per heavy atom. The number of carbonyl (C=O) groups is 2. The smallest absolute Gasteiger partial charge is 0.343 e. The monoisotopic (exact) mass is 464 g/mol. The molecule has 1 amide bonds. The molecular formula is C22H25ClN2O5S. The molecule has 1 unspecified atom stereocenters. The highest BCUT2D eigenvalue weighted by atomic mass is 35.5. The van der Waals surface area contributed by atoms with Gasteiger partial charge in [-0.3, -0.25) is 4.79 Å². The van der Waals surface area contributed by atoms with Crippen LogP contribution in [0.3, 0.4) is 0 Å². The summed E-state index contributed by atoms with van der Waals surface area (Å²) in [4.78, 5) is 25.9. The Bertz CT molecular complexity index is 1080. The molecule has 0 aromatic heterocycles. The number of benzene rings is 2. The van der Waals surface area contributed by atoms with E-state index < -0.39 is 16.0 Å². The van der Waals surface area contributed by atoms with E-state index >= 15 is 0 Å². The number of hydrogen-bond acceptors (Lipinski definition) is 5. The fourth-order valence-electron chi connectivity index (χ4n) is 3.42. The van der Waals surface area contributed by atoms with Crippen LogP contribution in [0.2, 0.25) is 5.02 Å². The number of amides is 1. The fourth-order valence-corrected chi connectivity index (χ4v) is 5.52. The number of rotatable bonds is 5. The average Bonchev–Trinajstić information content (AvgIpc) is 2.73. The van der Waals surface area contributed by atoms with Gasteiger partial charge in [0.05, 0.1) is 10.6 Å². The molecule has 0 bridgehead atoms. The van der Waals surface area contributed by atoms with Crippen molar-refractivity contribution in [3.05, 3.63) is 58.6 Å². The van der Waals surface area contributed by atoms with Gasteiger partial charge in [0.1, 0.15) is 10.6 Å². The lowest BCUT2D eigenvalue weighted by Crippen LogP contribution is -2.39. The van der Waals surface area contributed by atoms with Crippen molar-refractivity contribution in [2.75, 3.05) is 27.2 Å². The van der Waals surface area contributed by atoms with Crippen molar-refractivity contribution in [3.63, 3.8) is 0 Å². The van der Waals surface area contributed by atoms with Gasteiger partial charge in [-0.2, -0.15) is 4.31 Å². The van der Waals surface area contributed by atoms with Crippen LogP contribution < -0.4 is 4.74 Å². The van der Waals surface area contributed by atoms with Crippen molar-refractivity contribution < 1.29 is 22.7 Å². The van der Waals surface area contributed by atoms with Gasteiger partial charge in [-0.05, 0) is 61.2 Å². The first kappa shape index (κ1) is 23.2. The molecule has 2 aromatic rings. The molecule has 0 saturated carbocycles. The highest BCUT2D eigenvalue weighted by Gasteiger charge is 2.31. The predicted molar refractivity (Wildman–Crippen MR) is 118 cm³/mol. The molecule has 1 aliphatic rings.